The first-order valence-corrected chi connectivity index (χ1v) is 6.78. The van der Waals surface area contributed by atoms with E-state index in [-0.39, 0.29) is 5.84 Å². The Morgan fingerprint density at radius 3 is 2.61 bits per heavy atom. The molecule has 0 unspecified atom stereocenters. The lowest BCUT2D eigenvalue weighted by atomic mass is 10.1. The molecule has 0 radical (unpaired) electrons. The first-order valence-electron chi connectivity index (χ1n) is 4.97. The van der Waals surface area contributed by atoms with E-state index in [9.17, 15) is 0 Å². The SMILES string of the molecule is N/C(=N\O)c1ccc(CSc2nnc(N)s2)cc1. The second-order valence-electron chi connectivity index (χ2n) is 3.38. The van der Waals surface area contributed by atoms with Crippen molar-refractivity contribution in [3.8, 4) is 0 Å². The summed E-state index contributed by atoms with van der Waals surface area (Å²) in [6, 6.07) is 7.45. The molecule has 1 aromatic heterocycles. The minimum atomic E-state index is 0.103. The van der Waals surface area contributed by atoms with E-state index >= 15 is 0 Å². The lowest BCUT2D eigenvalue weighted by Crippen LogP contribution is -2.12. The van der Waals surface area contributed by atoms with Crippen LogP contribution in [0, 0.1) is 0 Å². The highest BCUT2D eigenvalue weighted by Gasteiger charge is 2.03. The van der Waals surface area contributed by atoms with E-state index in [2.05, 4.69) is 15.4 Å². The van der Waals surface area contributed by atoms with Gasteiger partial charge in [-0.3, -0.25) is 0 Å². The third-order valence-electron chi connectivity index (χ3n) is 2.14. The number of hydrogen-bond acceptors (Lipinski definition) is 7. The van der Waals surface area contributed by atoms with Gasteiger partial charge in [0, 0.05) is 11.3 Å². The largest absolute Gasteiger partial charge is 0.409 e. The van der Waals surface area contributed by atoms with Crippen molar-refractivity contribution in [3.05, 3.63) is 35.4 Å². The molecule has 0 bridgehead atoms. The third kappa shape index (κ3) is 3.11. The summed E-state index contributed by atoms with van der Waals surface area (Å²) in [7, 11) is 0. The summed E-state index contributed by atoms with van der Waals surface area (Å²) in [4.78, 5) is 0. The zero-order chi connectivity index (χ0) is 13.0. The van der Waals surface area contributed by atoms with Crippen molar-refractivity contribution < 1.29 is 5.21 Å². The maximum atomic E-state index is 8.55. The van der Waals surface area contributed by atoms with E-state index in [4.69, 9.17) is 16.7 Å². The highest BCUT2D eigenvalue weighted by atomic mass is 32.2. The van der Waals surface area contributed by atoms with Crippen LogP contribution in [0.4, 0.5) is 5.13 Å². The number of anilines is 1. The smallest absolute Gasteiger partial charge is 0.203 e. The summed E-state index contributed by atoms with van der Waals surface area (Å²) >= 11 is 2.93. The molecule has 0 aliphatic carbocycles. The van der Waals surface area contributed by atoms with E-state index in [1.165, 1.54) is 11.3 Å². The van der Waals surface area contributed by atoms with Crippen LogP contribution < -0.4 is 11.5 Å². The van der Waals surface area contributed by atoms with Crippen LogP contribution in [-0.2, 0) is 5.75 Å². The van der Waals surface area contributed by atoms with Gasteiger partial charge in [0.25, 0.3) is 0 Å². The van der Waals surface area contributed by atoms with Gasteiger partial charge in [0.1, 0.15) is 0 Å². The molecule has 0 atom stereocenters. The predicted octanol–water partition coefficient (Wildman–Crippen LogP) is 1.51. The van der Waals surface area contributed by atoms with Gasteiger partial charge >= 0.3 is 0 Å². The zero-order valence-corrected chi connectivity index (χ0v) is 10.9. The van der Waals surface area contributed by atoms with E-state index < -0.39 is 0 Å². The standard InChI is InChI=1S/C10H11N5OS2/c11-8(15-16)7-3-1-6(2-4-7)5-17-10-14-13-9(12)18-10/h1-4,16H,5H2,(H2,11,15)(H2,12,13). The van der Waals surface area contributed by atoms with Gasteiger partial charge in [0.15, 0.2) is 10.2 Å². The molecule has 1 aromatic carbocycles. The van der Waals surface area contributed by atoms with Gasteiger partial charge < -0.3 is 16.7 Å². The molecule has 0 aliphatic rings. The predicted molar refractivity (Wildman–Crippen MR) is 72.8 cm³/mol. The van der Waals surface area contributed by atoms with Crippen LogP contribution >= 0.6 is 23.1 Å². The highest BCUT2D eigenvalue weighted by molar-refractivity contribution is 8.00. The number of nitrogens with zero attached hydrogens (tertiary/aromatic N) is 3. The van der Waals surface area contributed by atoms with Gasteiger partial charge in [-0.05, 0) is 5.56 Å². The molecule has 0 fully saturated rings. The number of nitrogen functional groups attached to an aromatic ring is 1. The summed E-state index contributed by atoms with van der Waals surface area (Å²) in [5, 5.41) is 19.6. The number of hydrogen-bond donors (Lipinski definition) is 3. The molecule has 2 rings (SSSR count). The molecule has 6 nitrogen and oxygen atoms in total. The Bertz CT molecular complexity index is 552. The quantitative estimate of drug-likeness (QED) is 0.257. The normalized spacial score (nSPS) is 11.7. The fourth-order valence-electron chi connectivity index (χ4n) is 1.25. The topological polar surface area (TPSA) is 110 Å². The van der Waals surface area contributed by atoms with Crippen molar-refractivity contribution in [2.75, 3.05) is 5.73 Å². The summed E-state index contributed by atoms with van der Waals surface area (Å²) < 4.78 is 0.841. The molecule has 0 spiro atoms. The fourth-order valence-corrected chi connectivity index (χ4v) is 2.85. The average Bonchev–Trinajstić information content (AvgIpc) is 2.82. The number of nitrogens with two attached hydrogens (primary N) is 2. The Morgan fingerprint density at radius 2 is 2.06 bits per heavy atom. The van der Waals surface area contributed by atoms with Gasteiger partial charge in [-0.1, -0.05) is 52.5 Å². The van der Waals surface area contributed by atoms with Crippen LogP contribution in [0.1, 0.15) is 11.1 Å². The molecule has 0 aliphatic heterocycles. The van der Waals surface area contributed by atoms with Gasteiger partial charge in [0.05, 0.1) is 0 Å². The molecule has 18 heavy (non-hydrogen) atoms. The summed E-state index contributed by atoms with van der Waals surface area (Å²) in [5.41, 5.74) is 12.8. The van der Waals surface area contributed by atoms with Crippen LogP contribution in [0.3, 0.4) is 0 Å². The number of oxime groups is 1. The number of thioether (sulfide) groups is 1. The monoisotopic (exact) mass is 281 g/mol. The van der Waals surface area contributed by atoms with E-state index in [0.717, 1.165) is 15.7 Å². The number of rotatable bonds is 4. The Hall–Kier alpha value is -1.80. The molecule has 5 N–H and O–H groups in total. The van der Waals surface area contributed by atoms with Gasteiger partial charge in [-0.2, -0.15) is 0 Å². The van der Waals surface area contributed by atoms with Crippen molar-refractivity contribution >= 4 is 34.1 Å². The van der Waals surface area contributed by atoms with Crippen molar-refractivity contribution in [1.29, 1.82) is 0 Å². The number of aromatic nitrogens is 2. The van der Waals surface area contributed by atoms with Crippen LogP contribution in [0.5, 0.6) is 0 Å². The van der Waals surface area contributed by atoms with E-state index in [1.54, 1.807) is 23.9 Å². The molecule has 94 valence electrons. The molecule has 0 saturated heterocycles. The summed E-state index contributed by atoms with van der Waals surface area (Å²) in [6.45, 7) is 0. The van der Waals surface area contributed by atoms with Crippen LogP contribution in [-0.4, -0.2) is 21.2 Å². The molecule has 1 heterocycles. The second kappa shape index (κ2) is 5.69. The molecular weight excluding hydrogens is 270 g/mol. The second-order valence-corrected chi connectivity index (χ2v) is 5.61. The van der Waals surface area contributed by atoms with Crippen molar-refractivity contribution in [2.45, 2.75) is 10.1 Å². The molecule has 0 saturated carbocycles. The third-order valence-corrected chi connectivity index (χ3v) is 4.10. The van der Waals surface area contributed by atoms with Gasteiger partial charge in [-0.25, -0.2) is 0 Å². The maximum absolute atomic E-state index is 8.55. The Balaban J connectivity index is 1.98. The van der Waals surface area contributed by atoms with Crippen molar-refractivity contribution in [2.24, 2.45) is 10.9 Å². The van der Waals surface area contributed by atoms with Crippen molar-refractivity contribution in [3.63, 3.8) is 0 Å². The van der Waals surface area contributed by atoms with E-state index in [1.807, 2.05) is 12.1 Å². The summed E-state index contributed by atoms with van der Waals surface area (Å²) in [5.74, 6) is 0.872. The maximum Gasteiger partial charge on any atom is 0.203 e. The average molecular weight is 281 g/mol. The van der Waals surface area contributed by atoms with Gasteiger partial charge in [-0.15, -0.1) is 10.2 Å². The molecule has 0 amide bonds. The highest BCUT2D eigenvalue weighted by Crippen LogP contribution is 2.26. The Labute approximate surface area is 112 Å². The number of benzene rings is 1. The molecule has 8 heteroatoms. The van der Waals surface area contributed by atoms with E-state index in [0.29, 0.717) is 10.7 Å². The minimum absolute atomic E-state index is 0.103. The first kappa shape index (κ1) is 12.7. The minimum Gasteiger partial charge on any atom is -0.409 e. The van der Waals surface area contributed by atoms with Gasteiger partial charge in [0.2, 0.25) is 5.13 Å². The van der Waals surface area contributed by atoms with Crippen molar-refractivity contribution in [1.82, 2.24) is 10.2 Å². The molecular formula is C10H11N5OS2. The number of amidine groups is 1. The first-order chi connectivity index (χ1) is 8.69. The molecule has 2 aromatic rings. The zero-order valence-electron chi connectivity index (χ0n) is 9.28. The Morgan fingerprint density at radius 1 is 1.33 bits per heavy atom. The Kier molecular flexibility index (Phi) is 4.00. The van der Waals surface area contributed by atoms with Crippen LogP contribution in [0.25, 0.3) is 0 Å². The lowest BCUT2D eigenvalue weighted by Gasteiger charge is -2.01. The summed E-state index contributed by atoms with van der Waals surface area (Å²) in [6.07, 6.45) is 0. The lowest BCUT2D eigenvalue weighted by molar-refractivity contribution is 0.318. The van der Waals surface area contributed by atoms with Crippen LogP contribution in [0.15, 0.2) is 33.8 Å². The fraction of sp³-hybridized carbons (Fsp3) is 0.100. The van der Waals surface area contributed by atoms with Crippen LogP contribution in [0.2, 0.25) is 0 Å².